The Morgan fingerprint density at radius 3 is 2.46 bits per heavy atom. The van der Waals surface area contributed by atoms with Crippen LogP contribution in [0.2, 0.25) is 0 Å². The molecule has 1 aromatic carbocycles. The van der Waals surface area contributed by atoms with E-state index < -0.39 is 0 Å². The van der Waals surface area contributed by atoms with Gasteiger partial charge in [0.25, 0.3) is 0 Å². The average Bonchev–Trinajstić information content (AvgIpc) is 2.99. The van der Waals surface area contributed by atoms with Gasteiger partial charge in [-0.2, -0.15) is 5.10 Å². The number of rotatable bonds is 10. The third-order valence-corrected chi connectivity index (χ3v) is 3.97. The molecule has 0 bridgehead atoms. The number of aryl methyl sites for hydroxylation is 3. The van der Waals surface area contributed by atoms with Crippen molar-refractivity contribution in [1.29, 1.82) is 0 Å². The van der Waals surface area contributed by atoms with Crippen molar-refractivity contribution in [2.45, 2.75) is 33.7 Å². The topological polar surface area (TPSA) is 72.7 Å². The van der Waals surface area contributed by atoms with Crippen LogP contribution in [0.25, 0.3) is 0 Å². The summed E-state index contributed by atoms with van der Waals surface area (Å²) in [5.41, 5.74) is 2.25. The van der Waals surface area contributed by atoms with Gasteiger partial charge in [-0.1, -0.05) is 0 Å². The quantitative estimate of drug-likeness (QED) is 0.227. The maximum atomic E-state index is 5.72. The first-order valence-corrected chi connectivity index (χ1v) is 9.42. The minimum Gasteiger partial charge on any atom is -0.497 e. The fraction of sp³-hybridized carbons (Fsp3) is 0.500. The second-order valence-corrected chi connectivity index (χ2v) is 6.22. The van der Waals surface area contributed by atoms with Crippen LogP contribution in [0.5, 0.6) is 11.5 Å². The van der Waals surface area contributed by atoms with Crippen molar-refractivity contribution in [1.82, 2.24) is 20.4 Å². The van der Waals surface area contributed by atoms with E-state index >= 15 is 0 Å². The normalized spacial score (nSPS) is 10.9. The molecule has 0 fully saturated rings. The number of halogens is 1. The van der Waals surface area contributed by atoms with Crippen LogP contribution in [-0.2, 0) is 6.54 Å². The van der Waals surface area contributed by atoms with E-state index in [0.29, 0.717) is 13.2 Å². The molecule has 0 spiro atoms. The Balaban J connectivity index is 0.00000392. The maximum Gasteiger partial charge on any atom is 0.191 e. The number of aliphatic imine (C=N–C) groups is 1. The molecular formula is C20H32IN5O2. The third kappa shape index (κ3) is 8.37. The van der Waals surface area contributed by atoms with Crippen molar-refractivity contribution in [3.8, 4) is 11.5 Å². The molecule has 8 heteroatoms. The summed E-state index contributed by atoms with van der Waals surface area (Å²) >= 11 is 0. The molecule has 7 nitrogen and oxygen atoms in total. The monoisotopic (exact) mass is 501 g/mol. The highest BCUT2D eigenvalue weighted by Gasteiger charge is 2.01. The molecule has 0 unspecified atom stereocenters. The van der Waals surface area contributed by atoms with E-state index in [1.165, 1.54) is 5.69 Å². The lowest BCUT2D eigenvalue weighted by atomic mass is 10.3. The van der Waals surface area contributed by atoms with Crippen LogP contribution in [-0.4, -0.2) is 49.1 Å². The first kappa shape index (κ1) is 24.1. The predicted octanol–water partition coefficient (Wildman–Crippen LogP) is 3.15. The smallest absolute Gasteiger partial charge is 0.191 e. The number of hydrogen-bond acceptors (Lipinski definition) is 4. The van der Waals surface area contributed by atoms with E-state index in [9.17, 15) is 0 Å². The van der Waals surface area contributed by atoms with Gasteiger partial charge < -0.3 is 20.1 Å². The molecule has 0 saturated carbocycles. The summed E-state index contributed by atoms with van der Waals surface area (Å²) in [4.78, 5) is 4.61. The highest BCUT2D eigenvalue weighted by molar-refractivity contribution is 14.0. The molecule has 1 aromatic heterocycles. The van der Waals surface area contributed by atoms with Gasteiger partial charge in [0.2, 0.25) is 0 Å². The number of methoxy groups -OCH3 is 1. The standard InChI is InChI=1S/C20H31N5O2.HI/c1-5-21-20(22-11-6-13-25-17(3)15-16(2)24-25)23-12-14-27-19-9-7-18(26-4)8-10-19;/h7-10,15H,5-6,11-14H2,1-4H3,(H2,21,22,23);1H. The van der Waals surface area contributed by atoms with Gasteiger partial charge in [-0.3, -0.25) is 9.67 Å². The lowest BCUT2D eigenvalue weighted by molar-refractivity contribution is 0.321. The zero-order valence-corrected chi connectivity index (χ0v) is 19.5. The van der Waals surface area contributed by atoms with Crippen LogP contribution in [0, 0.1) is 13.8 Å². The molecule has 2 N–H and O–H groups in total. The number of benzene rings is 1. The van der Waals surface area contributed by atoms with Gasteiger partial charge in [0.1, 0.15) is 18.1 Å². The molecule has 156 valence electrons. The van der Waals surface area contributed by atoms with Crippen LogP contribution in [0.4, 0.5) is 0 Å². The minimum atomic E-state index is 0. The molecule has 2 rings (SSSR count). The lowest BCUT2D eigenvalue weighted by Gasteiger charge is -2.12. The molecule has 0 amide bonds. The zero-order chi connectivity index (χ0) is 19.5. The van der Waals surface area contributed by atoms with Crippen molar-refractivity contribution in [2.75, 3.05) is 33.4 Å². The first-order chi connectivity index (χ1) is 13.1. The maximum absolute atomic E-state index is 5.72. The highest BCUT2D eigenvalue weighted by Crippen LogP contribution is 2.16. The highest BCUT2D eigenvalue weighted by atomic mass is 127. The molecular weight excluding hydrogens is 469 g/mol. The fourth-order valence-corrected chi connectivity index (χ4v) is 2.66. The van der Waals surface area contributed by atoms with Gasteiger partial charge in [0, 0.05) is 25.3 Å². The van der Waals surface area contributed by atoms with Gasteiger partial charge in [0.05, 0.1) is 19.3 Å². The fourth-order valence-electron chi connectivity index (χ4n) is 2.66. The van der Waals surface area contributed by atoms with E-state index in [2.05, 4.69) is 40.6 Å². The Morgan fingerprint density at radius 2 is 1.86 bits per heavy atom. The minimum absolute atomic E-state index is 0. The Hall–Kier alpha value is -1.97. The van der Waals surface area contributed by atoms with Gasteiger partial charge in [-0.15, -0.1) is 24.0 Å². The van der Waals surface area contributed by atoms with Crippen LogP contribution >= 0.6 is 24.0 Å². The summed E-state index contributed by atoms with van der Waals surface area (Å²) in [6, 6.07) is 9.67. The Kier molecular flexibility index (Phi) is 11.4. The lowest BCUT2D eigenvalue weighted by Crippen LogP contribution is -2.39. The zero-order valence-electron chi connectivity index (χ0n) is 17.2. The summed E-state index contributed by atoms with van der Waals surface area (Å²) in [7, 11) is 1.65. The number of nitrogens with zero attached hydrogens (tertiary/aromatic N) is 3. The Labute approximate surface area is 184 Å². The van der Waals surface area contributed by atoms with Crippen molar-refractivity contribution >= 4 is 29.9 Å². The second-order valence-electron chi connectivity index (χ2n) is 6.22. The summed E-state index contributed by atoms with van der Waals surface area (Å²) in [6.07, 6.45) is 0.945. The third-order valence-electron chi connectivity index (χ3n) is 3.97. The molecule has 0 saturated heterocycles. The summed E-state index contributed by atoms with van der Waals surface area (Å²) in [6.45, 7) is 9.83. The molecule has 1 heterocycles. The average molecular weight is 501 g/mol. The second kappa shape index (κ2) is 13.2. The number of nitrogens with one attached hydrogen (secondary N) is 2. The van der Waals surface area contributed by atoms with Crippen molar-refractivity contribution in [3.63, 3.8) is 0 Å². The number of hydrogen-bond donors (Lipinski definition) is 2. The SMILES string of the molecule is CCNC(=NCCCn1nc(C)cc1C)NCCOc1ccc(OC)cc1.I. The van der Waals surface area contributed by atoms with Crippen LogP contribution in [0.3, 0.4) is 0 Å². The first-order valence-electron chi connectivity index (χ1n) is 9.42. The largest absolute Gasteiger partial charge is 0.497 e. The molecule has 0 aliphatic heterocycles. The number of aromatic nitrogens is 2. The molecule has 28 heavy (non-hydrogen) atoms. The Morgan fingerprint density at radius 1 is 1.14 bits per heavy atom. The van der Waals surface area contributed by atoms with E-state index in [4.69, 9.17) is 9.47 Å². The molecule has 0 aliphatic carbocycles. The van der Waals surface area contributed by atoms with E-state index in [0.717, 1.165) is 49.2 Å². The van der Waals surface area contributed by atoms with E-state index in [1.807, 2.05) is 35.9 Å². The molecule has 0 aliphatic rings. The van der Waals surface area contributed by atoms with Crippen LogP contribution in [0.1, 0.15) is 24.7 Å². The number of guanidine groups is 1. The predicted molar refractivity (Wildman–Crippen MR) is 124 cm³/mol. The van der Waals surface area contributed by atoms with Gasteiger partial charge in [-0.05, 0) is 57.5 Å². The summed E-state index contributed by atoms with van der Waals surface area (Å²) in [5.74, 6) is 2.45. The van der Waals surface area contributed by atoms with Crippen molar-refractivity contribution in [3.05, 3.63) is 41.7 Å². The molecule has 2 aromatic rings. The summed E-state index contributed by atoms with van der Waals surface area (Å²) in [5, 5.41) is 11.0. The van der Waals surface area contributed by atoms with Crippen LogP contribution in [0.15, 0.2) is 35.3 Å². The van der Waals surface area contributed by atoms with Crippen molar-refractivity contribution < 1.29 is 9.47 Å². The van der Waals surface area contributed by atoms with Crippen LogP contribution < -0.4 is 20.1 Å². The van der Waals surface area contributed by atoms with Gasteiger partial charge in [0.15, 0.2) is 5.96 Å². The molecule has 0 radical (unpaired) electrons. The van der Waals surface area contributed by atoms with E-state index in [-0.39, 0.29) is 24.0 Å². The Bertz CT molecular complexity index is 716. The van der Waals surface area contributed by atoms with Gasteiger partial charge in [-0.25, -0.2) is 0 Å². The van der Waals surface area contributed by atoms with E-state index in [1.54, 1.807) is 7.11 Å². The van der Waals surface area contributed by atoms with Crippen molar-refractivity contribution in [2.24, 2.45) is 4.99 Å². The molecule has 0 atom stereocenters. The summed E-state index contributed by atoms with van der Waals surface area (Å²) < 4.78 is 12.9. The van der Waals surface area contributed by atoms with Gasteiger partial charge >= 0.3 is 0 Å². The number of ether oxygens (including phenoxy) is 2.